The lowest BCUT2D eigenvalue weighted by atomic mass is 10.2. The Bertz CT molecular complexity index is 608. The Balaban J connectivity index is 2.08. The van der Waals surface area contributed by atoms with Gasteiger partial charge in [0, 0.05) is 23.4 Å². The van der Waals surface area contributed by atoms with E-state index in [4.69, 9.17) is 21.4 Å². The Morgan fingerprint density at radius 3 is 2.79 bits per heavy atom. The second-order valence-electron chi connectivity index (χ2n) is 3.66. The number of benzene rings is 1. The minimum Gasteiger partial charge on any atom is -0.478 e. The van der Waals surface area contributed by atoms with Gasteiger partial charge in [0.15, 0.2) is 0 Å². The van der Waals surface area contributed by atoms with E-state index in [1.807, 2.05) is 0 Å². The summed E-state index contributed by atoms with van der Waals surface area (Å²) in [5.74, 6) is 0.00261. The van der Waals surface area contributed by atoms with Crippen LogP contribution in [0.1, 0.15) is 5.56 Å². The van der Waals surface area contributed by atoms with Crippen LogP contribution in [0.2, 0.25) is 5.02 Å². The maximum Gasteiger partial charge on any atom is 0.328 e. The molecule has 96 valence electrons. The number of aliphatic carboxylic acids is 1. The molecule has 0 spiro atoms. The molecule has 0 fully saturated rings. The average molecular weight is 276 g/mol. The number of ether oxygens (including phenoxy) is 1. The Labute approximate surface area is 114 Å². The van der Waals surface area contributed by atoms with Gasteiger partial charge in [0.05, 0.1) is 0 Å². The molecule has 19 heavy (non-hydrogen) atoms. The molecule has 0 atom stereocenters. The Morgan fingerprint density at radius 1 is 1.32 bits per heavy atom. The number of hydrogen-bond acceptors (Lipinski definition) is 3. The predicted octanol–water partition coefficient (Wildman–Crippen LogP) is 3.63. The normalized spacial score (nSPS) is 10.6. The molecular weight excluding hydrogens is 266 g/mol. The largest absolute Gasteiger partial charge is 0.478 e. The molecule has 1 heterocycles. The molecular formula is C14H10ClNO3. The fraction of sp³-hybridized carbons (Fsp3) is 0. The maximum atomic E-state index is 10.4. The molecule has 0 saturated carbocycles. The molecule has 0 bridgehead atoms. The fourth-order valence-corrected chi connectivity index (χ4v) is 1.55. The van der Waals surface area contributed by atoms with Gasteiger partial charge in [0.25, 0.3) is 0 Å². The monoisotopic (exact) mass is 275 g/mol. The first kappa shape index (κ1) is 13.1. The van der Waals surface area contributed by atoms with Crippen molar-refractivity contribution in [3.05, 3.63) is 59.3 Å². The van der Waals surface area contributed by atoms with E-state index in [9.17, 15) is 4.79 Å². The van der Waals surface area contributed by atoms with Crippen molar-refractivity contribution < 1.29 is 14.6 Å². The van der Waals surface area contributed by atoms with Gasteiger partial charge in [-0.15, -0.1) is 0 Å². The lowest BCUT2D eigenvalue weighted by Crippen LogP contribution is -1.89. The zero-order chi connectivity index (χ0) is 13.7. The molecule has 0 aliphatic carbocycles. The van der Waals surface area contributed by atoms with Crippen molar-refractivity contribution in [2.45, 2.75) is 0 Å². The van der Waals surface area contributed by atoms with Crippen molar-refractivity contribution in [1.82, 2.24) is 4.98 Å². The molecule has 1 aromatic carbocycles. The van der Waals surface area contributed by atoms with Gasteiger partial charge < -0.3 is 9.84 Å². The van der Waals surface area contributed by atoms with Crippen LogP contribution in [0.5, 0.6) is 11.6 Å². The van der Waals surface area contributed by atoms with Crippen molar-refractivity contribution in [3.63, 3.8) is 0 Å². The molecule has 1 N–H and O–H groups in total. The zero-order valence-corrected chi connectivity index (χ0v) is 10.5. The highest BCUT2D eigenvalue weighted by Gasteiger charge is 1.99. The molecule has 0 aliphatic heterocycles. The smallest absolute Gasteiger partial charge is 0.328 e. The van der Waals surface area contributed by atoms with Crippen LogP contribution in [-0.2, 0) is 4.79 Å². The lowest BCUT2D eigenvalue weighted by Gasteiger charge is -2.04. The molecule has 2 rings (SSSR count). The van der Waals surface area contributed by atoms with Crippen LogP contribution in [-0.4, -0.2) is 16.1 Å². The highest BCUT2D eigenvalue weighted by atomic mass is 35.5. The zero-order valence-electron chi connectivity index (χ0n) is 9.79. The SMILES string of the molecule is O=C(O)/C=C/c1ccc(Oc2cccc(Cl)c2)nc1. The molecule has 0 saturated heterocycles. The van der Waals surface area contributed by atoms with Crippen LogP contribution >= 0.6 is 11.6 Å². The minimum absolute atomic E-state index is 0.412. The summed E-state index contributed by atoms with van der Waals surface area (Å²) in [6.45, 7) is 0. The van der Waals surface area contributed by atoms with Crippen LogP contribution in [0.4, 0.5) is 0 Å². The van der Waals surface area contributed by atoms with E-state index in [-0.39, 0.29) is 0 Å². The van der Waals surface area contributed by atoms with E-state index < -0.39 is 5.97 Å². The van der Waals surface area contributed by atoms with E-state index >= 15 is 0 Å². The number of aromatic nitrogens is 1. The maximum absolute atomic E-state index is 10.4. The van der Waals surface area contributed by atoms with Crippen LogP contribution in [0.25, 0.3) is 6.08 Å². The summed E-state index contributed by atoms with van der Waals surface area (Å²) in [7, 11) is 0. The molecule has 1 aromatic heterocycles. The second-order valence-corrected chi connectivity index (χ2v) is 4.10. The quantitative estimate of drug-likeness (QED) is 0.866. The van der Waals surface area contributed by atoms with Gasteiger partial charge in [-0.1, -0.05) is 17.7 Å². The molecule has 4 nitrogen and oxygen atoms in total. The molecule has 0 amide bonds. The van der Waals surface area contributed by atoms with Gasteiger partial charge >= 0.3 is 5.97 Å². The number of nitrogens with zero attached hydrogens (tertiary/aromatic N) is 1. The summed E-state index contributed by atoms with van der Waals surface area (Å²) < 4.78 is 5.50. The number of rotatable bonds is 4. The first-order chi connectivity index (χ1) is 9.13. The Morgan fingerprint density at radius 2 is 2.16 bits per heavy atom. The molecule has 2 aromatic rings. The number of carboxylic acids is 1. The van der Waals surface area contributed by atoms with E-state index in [0.29, 0.717) is 22.2 Å². The van der Waals surface area contributed by atoms with Crippen LogP contribution in [0.15, 0.2) is 48.7 Å². The van der Waals surface area contributed by atoms with Gasteiger partial charge in [-0.3, -0.25) is 0 Å². The van der Waals surface area contributed by atoms with Crippen molar-refractivity contribution in [3.8, 4) is 11.6 Å². The van der Waals surface area contributed by atoms with Crippen molar-refractivity contribution in [1.29, 1.82) is 0 Å². The third-order valence-electron chi connectivity index (χ3n) is 2.20. The van der Waals surface area contributed by atoms with Crippen LogP contribution in [0, 0.1) is 0 Å². The van der Waals surface area contributed by atoms with Gasteiger partial charge in [0.1, 0.15) is 5.75 Å². The highest BCUT2D eigenvalue weighted by Crippen LogP contribution is 2.22. The van der Waals surface area contributed by atoms with E-state index in [1.54, 1.807) is 36.4 Å². The van der Waals surface area contributed by atoms with E-state index in [0.717, 1.165) is 6.08 Å². The topological polar surface area (TPSA) is 59.4 Å². The Hall–Kier alpha value is -2.33. The van der Waals surface area contributed by atoms with Crippen molar-refractivity contribution in [2.24, 2.45) is 0 Å². The van der Waals surface area contributed by atoms with Crippen molar-refractivity contribution >= 4 is 23.6 Å². The number of carbonyl (C=O) groups is 1. The first-order valence-corrected chi connectivity index (χ1v) is 5.82. The summed E-state index contributed by atoms with van der Waals surface area (Å²) in [6, 6.07) is 10.4. The van der Waals surface area contributed by atoms with Crippen LogP contribution in [0.3, 0.4) is 0 Å². The summed E-state index contributed by atoms with van der Waals surface area (Å²) in [5, 5.41) is 9.09. The molecule has 0 unspecified atom stereocenters. The molecule has 0 aliphatic rings. The van der Waals surface area contributed by atoms with Gasteiger partial charge in [-0.2, -0.15) is 0 Å². The lowest BCUT2D eigenvalue weighted by molar-refractivity contribution is -0.131. The standard InChI is InChI=1S/C14H10ClNO3/c15-11-2-1-3-12(8-11)19-13-6-4-10(9-16-13)5-7-14(17)18/h1-9H,(H,17,18)/b7-5+. The summed E-state index contributed by atoms with van der Waals surface area (Å²) in [4.78, 5) is 14.4. The van der Waals surface area contributed by atoms with E-state index in [2.05, 4.69) is 4.98 Å². The first-order valence-electron chi connectivity index (χ1n) is 5.44. The number of carboxylic acid groups (broad SMARTS) is 1. The third kappa shape index (κ3) is 4.12. The minimum atomic E-state index is -1.00. The van der Waals surface area contributed by atoms with E-state index in [1.165, 1.54) is 12.3 Å². The second kappa shape index (κ2) is 6.02. The fourth-order valence-electron chi connectivity index (χ4n) is 1.37. The number of pyridine rings is 1. The number of halogens is 1. The third-order valence-corrected chi connectivity index (χ3v) is 2.43. The highest BCUT2D eigenvalue weighted by molar-refractivity contribution is 6.30. The Kier molecular flexibility index (Phi) is 4.15. The summed E-state index contributed by atoms with van der Waals surface area (Å²) in [5.41, 5.74) is 0.681. The summed E-state index contributed by atoms with van der Waals surface area (Å²) in [6.07, 6.45) is 4.03. The number of hydrogen-bond donors (Lipinski definition) is 1. The predicted molar refractivity (Wildman–Crippen MR) is 72.4 cm³/mol. The van der Waals surface area contributed by atoms with Crippen molar-refractivity contribution in [2.75, 3.05) is 0 Å². The van der Waals surface area contributed by atoms with Gasteiger partial charge in [-0.25, -0.2) is 9.78 Å². The summed E-state index contributed by atoms with van der Waals surface area (Å²) >= 11 is 5.84. The van der Waals surface area contributed by atoms with Gasteiger partial charge in [-0.05, 0) is 35.9 Å². The van der Waals surface area contributed by atoms with Gasteiger partial charge in [0.2, 0.25) is 5.88 Å². The molecule has 0 radical (unpaired) electrons. The molecule has 5 heteroatoms. The van der Waals surface area contributed by atoms with Crippen LogP contribution < -0.4 is 4.74 Å². The average Bonchev–Trinajstić information content (AvgIpc) is 2.38.